The average molecular weight is 304 g/mol. The van der Waals surface area contributed by atoms with Crippen molar-refractivity contribution in [3.63, 3.8) is 0 Å². The number of hydrogen-bond donors (Lipinski definition) is 1. The predicted octanol–water partition coefficient (Wildman–Crippen LogP) is 4.60. The highest BCUT2D eigenvalue weighted by Crippen LogP contribution is 2.29. The van der Waals surface area contributed by atoms with Gasteiger partial charge in [-0.3, -0.25) is 0 Å². The van der Waals surface area contributed by atoms with E-state index in [4.69, 9.17) is 11.6 Å². The first-order valence-corrected chi connectivity index (χ1v) is 9.05. The summed E-state index contributed by atoms with van der Waals surface area (Å²) < 4.78 is 0.903. The number of halogens is 1. The summed E-state index contributed by atoms with van der Waals surface area (Å²) in [5, 5.41) is 4.35. The molecule has 0 spiro atoms. The number of thioether (sulfide) groups is 1. The lowest BCUT2D eigenvalue weighted by Crippen LogP contribution is -2.30. The second kappa shape index (κ2) is 7.78. The van der Waals surface area contributed by atoms with E-state index < -0.39 is 0 Å². The Morgan fingerprint density at radius 3 is 2.78 bits per heavy atom. The van der Waals surface area contributed by atoms with Gasteiger partial charge in [-0.1, -0.05) is 30.9 Å². The van der Waals surface area contributed by atoms with Gasteiger partial charge in [0.2, 0.25) is 0 Å². The minimum absolute atomic E-state index is 0.576. The van der Waals surface area contributed by atoms with E-state index in [2.05, 4.69) is 30.2 Å². The van der Waals surface area contributed by atoms with E-state index in [0.29, 0.717) is 6.04 Å². The van der Waals surface area contributed by atoms with E-state index in [1.165, 1.54) is 42.7 Å². The zero-order valence-corrected chi connectivity index (χ0v) is 13.3. The Morgan fingerprint density at radius 1 is 1.39 bits per heavy atom. The molecule has 1 unspecified atom stereocenters. The molecule has 1 aliphatic rings. The number of nitrogens with one attached hydrogen (secondary N) is 1. The summed E-state index contributed by atoms with van der Waals surface area (Å²) in [4.78, 5) is 1.39. The maximum absolute atomic E-state index is 5.98. The minimum atomic E-state index is 0.576. The predicted molar refractivity (Wildman–Crippen MR) is 85.2 cm³/mol. The molecule has 0 amide bonds. The minimum Gasteiger partial charge on any atom is -0.316 e. The summed E-state index contributed by atoms with van der Waals surface area (Å²) in [6.07, 6.45) is 8.26. The van der Waals surface area contributed by atoms with Gasteiger partial charge >= 0.3 is 0 Å². The van der Waals surface area contributed by atoms with Crippen molar-refractivity contribution < 1.29 is 0 Å². The molecule has 2 rings (SSSR count). The maximum Gasteiger partial charge on any atom is 0.0931 e. The number of thiophene rings is 1. The molecular formula is C14H22ClNS2. The standard InChI is InChI=1S/C14H22ClNS2/c1-16-11(9-13-7-8-14(15)18-13)10-17-12-5-3-2-4-6-12/h7-8,11-12,16H,2-6,9-10H2,1H3. The van der Waals surface area contributed by atoms with Crippen LogP contribution in [-0.2, 0) is 6.42 Å². The van der Waals surface area contributed by atoms with Crippen LogP contribution in [0.4, 0.5) is 0 Å². The molecular weight excluding hydrogens is 282 g/mol. The van der Waals surface area contributed by atoms with Gasteiger partial charge in [0.05, 0.1) is 4.34 Å². The molecule has 1 N–H and O–H groups in total. The van der Waals surface area contributed by atoms with Crippen molar-refractivity contribution in [1.82, 2.24) is 5.32 Å². The van der Waals surface area contributed by atoms with Crippen LogP contribution >= 0.6 is 34.7 Å². The molecule has 1 aromatic rings. The van der Waals surface area contributed by atoms with Crippen LogP contribution in [0.5, 0.6) is 0 Å². The molecule has 1 atom stereocenters. The first kappa shape index (κ1) is 14.7. The molecule has 1 fully saturated rings. The van der Waals surface area contributed by atoms with Gasteiger partial charge in [0.15, 0.2) is 0 Å². The summed E-state index contributed by atoms with van der Waals surface area (Å²) in [5.74, 6) is 1.22. The van der Waals surface area contributed by atoms with Crippen molar-refractivity contribution in [2.45, 2.75) is 49.8 Å². The first-order chi connectivity index (χ1) is 8.78. The van der Waals surface area contributed by atoms with Gasteiger partial charge < -0.3 is 5.32 Å². The fourth-order valence-electron chi connectivity index (χ4n) is 2.43. The highest BCUT2D eigenvalue weighted by atomic mass is 35.5. The lowest BCUT2D eigenvalue weighted by molar-refractivity contribution is 0.514. The number of hydrogen-bond acceptors (Lipinski definition) is 3. The summed E-state index contributed by atoms with van der Waals surface area (Å²) >= 11 is 9.85. The second-order valence-electron chi connectivity index (χ2n) is 4.99. The van der Waals surface area contributed by atoms with E-state index in [9.17, 15) is 0 Å². The van der Waals surface area contributed by atoms with Gasteiger partial charge in [0, 0.05) is 21.9 Å². The zero-order valence-electron chi connectivity index (χ0n) is 11.0. The summed E-state index contributed by atoms with van der Waals surface area (Å²) in [6.45, 7) is 0. The molecule has 18 heavy (non-hydrogen) atoms. The monoisotopic (exact) mass is 303 g/mol. The number of likely N-dealkylation sites (N-methyl/N-ethyl adjacent to an activating group) is 1. The Balaban J connectivity index is 1.74. The quantitative estimate of drug-likeness (QED) is 0.824. The third kappa shape index (κ3) is 4.76. The average Bonchev–Trinajstić information content (AvgIpc) is 2.81. The van der Waals surface area contributed by atoms with Crippen molar-refractivity contribution in [2.24, 2.45) is 0 Å². The van der Waals surface area contributed by atoms with E-state index >= 15 is 0 Å². The first-order valence-electron chi connectivity index (χ1n) is 6.81. The molecule has 0 saturated heterocycles. The van der Waals surface area contributed by atoms with Crippen LogP contribution in [0, 0.1) is 0 Å². The van der Waals surface area contributed by atoms with Crippen LogP contribution < -0.4 is 5.32 Å². The van der Waals surface area contributed by atoms with E-state index in [0.717, 1.165) is 16.0 Å². The maximum atomic E-state index is 5.98. The topological polar surface area (TPSA) is 12.0 Å². The Hall–Kier alpha value is 0.300. The Kier molecular flexibility index (Phi) is 6.36. The zero-order chi connectivity index (χ0) is 12.8. The molecule has 0 bridgehead atoms. The van der Waals surface area contributed by atoms with E-state index in [1.807, 2.05) is 6.07 Å². The molecule has 4 heteroatoms. The molecule has 0 radical (unpaired) electrons. The van der Waals surface area contributed by atoms with E-state index in [-0.39, 0.29) is 0 Å². The Bertz CT molecular complexity index is 347. The van der Waals surface area contributed by atoms with Gasteiger partial charge in [0.25, 0.3) is 0 Å². The van der Waals surface area contributed by atoms with Crippen molar-refractivity contribution in [1.29, 1.82) is 0 Å². The Morgan fingerprint density at radius 2 is 2.17 bits per heavy atom. The SMILES string of the molecule is CNC(CSC1CCCCC1)Cc1ccc(Cl)s1. The van der Waals surface area contributed by atoms with Crippen LogP contribution in [0.3, 0.4) is 0 Å². The second-order valence-corrected chi connectivity index (χ2v) is 8.12. The van der Waals surface area contributed by atoms with E-state index in [1.54, 1.807) is 11.3 Å². The van der Waals surface area contributed by atoms with Gasteiger partial charge in [-0.25, -0.2) is 0 Å². The third-order valence-electron chi connectivity index (χ3n) is 3.57. The Labute approximate surface area is 124 Å². The molecule has 102 valence electrons. The van der Waals surface area contributed by atoms with Crippen LogP contribution in [0.1, 0.15) is 37.0 Å². The van der Waals surface area contributed by atoms with Gasteiger partial charge in [0.1, 0.15) is 0 Å². The highest BCUT2D eigenvalue weighted by molar-refractivity contribution is 7.99. The van der Waals surface area contributed by atoms with Crippen LogP contribution in [-0.4, -0.2) is 24.1 Å². The lowest BCUT2D eigenvalue weighted by atomic mass is 10.0. The van der Waals surface area contributed by atoms with Crippen molar-refractivity contribution in [3.8, 4) is 0 Å². The molecule has 1 aliphatic carbocycles. The molecule has 1 nitrogen and oxygen atoms in total. The lowest BCUT2D eigenvalue weighted by Gasteiger charge is -2.23. The normalized spacial score (nSPS) is 19.0. The fourth-order valence-corrected chi connectivity index (χ4v) is 5.06. The van der Waals surface area contributed by atoms with Gasteiger partial charge in [-0.2, -0.15) is 11.8 Å². The third-order valence-corrected chi connectivity index (χ3v) is 6.36. The van der Waals surface area contributed by atoms with Crippen molar-refractivity contribution >= 4 is 34.7 Å². The van der Waals surface area contributed by atoms with Crippen LogP contribution in [0.25, 0.3) is 0 Å². The number of rotatable bonds is 6. The summed E-state index contributed by atoms with van der Waals surface area (Å²) in [7, 11) is 2.07. The van der Waals surface area contributed by atoms with Crippen molar-refractivity contribution in [3.05, 3.63) is 21.3 Å². The molecule has 0 aromatic carbocycles. The summed E-state index contributed by atoms with van der Waals surface area (Å²) in [5.41, 5.74) is 0. The van der Waals surface area contributed by atoms with Crippen LogP contribution in [0.15, 0.2) is 12.1 Å². The molecule has 0 aliphatic heterocycles. The molecule has 1 heterocycles. The highest BCUT2D eigenvalue weighted by Gasteiger charge is 2.16. The van der Waals surface area contributed by atoms with Crippen molar-refractivity contribution in [2.75, 3.05) is 12.8 Å². The largest absolute Gasteiger partial charge is 0.316 e. The smallest absolute Gasteiger partial charge is 0.0931 e. The van der Waals surface area contributed by atoms with Gasteiger partial charge in [-0.15, -0.1) is 11.3 Å². The van der Waals surface area contributed by atoms with Crippen LogP contribution in [0.2, 0.25) is 4.34 Å². The molecule has 1 aromatic heterocycles. The molecule has 1 saturated carbocycles. The fraction of sp³-hybridized carbons (Fsp3) is 0.714. The van der Waals surface area contributed by atoms with Gasteiger partial charge in [-0.05, 0) is 38.4 Å². The summed E-state index contributed by atoms with van der Waals surface area (Å²) in [6, 6.07) is 4.73.